The SMILES string of the molecule is CCOC(=O)c1ccccc1NC(=O)Cc1coc2ccc(C)cc12. The van der Waals surface area contributed by atoms with Gasteiger partial charge >= 0.3 is 5.97 Å². The third-order valence-electron chi connectivity index (χ3n) is 3.86. The number of anilines is 1. The first kappa shape index (κ1) is 16.8. The average Bonchev–Trinajstić information content (AvgIpc) is 2.97. The van der Waals surface area contributed by atoms with Gasteiger partial charge in [0.1, 0.15) is 5.58 Å². The second-order valence-corrected chi connectivity index (χ2v) is 5.75. The van der Waals surface area contributed by atoms with Crippen LogP contribution in [0.3, 0.4) is 0 Å². The van der Waals surface area contributed by atoms with E-state index in [0.29, 0.717) is 11.3 Å². The van der Waals surface area contributed by atoms with Crippen LogP contribution < -0.4 is 5.32 Å². The Labute approximate surface area is 145 Å². The maximum absolute atomic E-state index is 12.4. The number of carbonyl (C=O) groups excluding carboxylic acids is 2. The Kier molecular flexibility index (Phi) is 4.84. The molecule has 0 saturated carbocycles. The summed E-state index contributed by atoms with van der Waals surface area (Å²) >= 11 is 0. The lowest BCUT2D eigenvalue weighted by Crippen LogP contribution is -2.17. The van der Waals surface area contributed by atoms with Crippen molar-refractivity contribution in [1.82, 2.24) is 0 Å². The lowest BCUT2D eigenvalue weighted by Gasteiger charge is -2.10. The van der Waals surface area contributed by atoms with Gasteiger partial charge in [-0.2, -0.15) is 0 Å². The van der Waals surface area contributed by atoms with Crippen molar-refractivity contribution in [3.05, 3.63) is 65.4 Å². The van der Waals surface area contributed by atoms with Crippen LogP contribution in [-0.2, 0) is 16.0 Å². The maximum Gasteiger partial charge on any atom is 0.340 e. The number of ether oxygens (including phenoxy) is 1. The van der Waals surface area contributed by atoms with Gasteiger partial charge in [-0.15, -0.1) is 0 Å². The third-order valence-corrected chi connectivity index (χ3v) is 3.86. The van der Waals surface area contributed by atoms with E-state index in [1.165, 1.54) is 0 Å². The fourth-order valence-electron chi connectivity index (χ4n) is 2.68. The third kappa shape index (κ3) is 3.71. The summed E-state index contributed by atoms with van der Waals surface area (Å²) in [7, 11) is 0. The van der Waals surface area contributed by atoms with E-state index in [2.05, 4.69) is 5.32 Å². The number of hydrogen-bond donors (Lipinski definition) is 1. The molecule has 1 amide bonds. The van der Waals surface area contributed by atoms with E-state index in [9.17, 15) is 9.59 Å². The largest absolute Gasteiger partial charge is 0.464 e. The van der Waals surface area contributed by atoms with Crippen LogP contribution >= 0.6 is 0 Å². The van der Waals surface area contributed by atoms with E-state index in [4.69, 9.17) is 9.15 Å². The summed E-state index contributed by atoms with van der Waals surface area (Å²) in [6, 6.07) is 12.6. The highest BCUT2D eigenvalue weighted by molar-refractivity contribution is 6.02. The lowest BCUT2D eigenvalue weighted by atomic mass is 10.1. The highest BCUT2D eigenvalue weighted by Gasteiger charge is 2.15. The number of esters is 1. The minimum atomic E-state index is -0.456. The predicted octanol–water partition coefficient (Wildman–Crippen LogP) is 4.10. The number of amides is 1. The summed E-state index contributed by atoms with van der Waals surface area (Å²) in [6.45, 7) is 4.01. The van der Waals surface area contributed by atoms with E-state index < -0.39 is 5.97 Å². The molecule has 1 aromatic heterocycles. The van der Waals surface area contributed by atoms with E-state index in [1.807, 2.05) is 25.1 Å². The molecular formula is C20H19NO4. The van der Waals surface area contributed by atoms with Crippen molar-refractivity contribution >= 4 is 28.5 Å². The van der Waals surface area contributed by atoms with Crippen molar-refractivity contribution in [2.75, 3.05) is 11.9 Å². The zero-order valence-corrected chi connectivity index (χ0v) is 14.2. The van der Waals surface area contributed by atoms with Crippen molar-refractivity contribution in [3.63, 3.8) is 0 Å². The first-order valence-corrected chi connectivity index (χ1v) is 8.11. The molecule has 128 valence electrons. The van der Waals surface area contributed by atoms with Crippen molar-refractivity contribution < 1.29 is 18.7 Å². The molecule has 0 radical (unpaired) electrons. The summed E-state index contributed by atoms with van der Waals surface area (Å²) in [6.07, 6.45) is 1.76. The Hall–Kier alpha value is -3.08. The van der Waals surface area contributed by atoms with Crippen LogP contribution in [0.2, 0.25) is 0 Å². The molecule has 3 aromatic rings. The average molecular weight is 337 g/mol. The highest BCUT2D eigenvalue weighted by Crippen LogP contribution is 2.23. The van der Waals surface area contributed by atoms with Crippen molar-refractivity contribution in [2.45, 2.75) is 20.3 Å². The first-order chi connectivity index (χ1) is 12.1. The normalized spacial score (nSPS) is 10.6. The minimum Gasteiger partial charge on any atom is -0.464 e. The van der Waals surface area contributed by atoms with Gasteiger partial charge in [-0.3, -0.25) is 4.79 Å². The molecule has 0 aliphatic heterocycles. The van der Waals surface area contributed by atoms with Crippen LogP contribution in [0.25, 0.3) is 11.0 Å². The zero-order valence-electron chi connectivity index (χ0n) is 14.2. The lowest BCUT2D eigenvalue weighted by molar-refractivity contribution is -0.115. The fraction of sp³-hybridized carbons (Fsp3) is 0.200. The molecule has 5 nitrogen and oxygen atoms in total. The number of carbonyl (C=O) groups is 2. The summed E-state index contributed by atoms with van der Waals surface area (Å²) in [4.78, 5) is 24.4. The quantitative estimate of drug-likeness (QED) is 0.712. The van der Waals surface area contributed by atoms with Gasteiger partial charge in [0.25, 0.3) is 0 Å². The van der Waals surface area contributed by atoms with Crippen molar-refractivity contribution in [1.29, 1.82) is 0 Å². The van der Waals surface area contributed by atoms with Crippen LogP contribution in [0.1, 0.15) is 28.4 Å². The van der Waals surface area contributed by atoms with Gasteiger partial charge < -0.3 is 14.5 Å². The minimum absolute atomic E-state index is 0.160. The molecule has 0 aliphatic rings. The molecular weight excluding hydrogens is 318 g/mol. The molecule has 0 aliphatic carbocycles. The predicted molar refractivity (Wildman–Crippen MR) is 95.7 cm³/mol. The molecule has 1 heterocycles. The van der Waals surface area contributed by atoms with Gasteiger partial charge in [0.05, 0.1) is 30.5 Å². The Morgan fingerprint density at radius 3 is 2.76 bits per heavy atom. The Morgan fingerprint density at radius 2 is 1.96 bits per heavy atom. The van der Waals surface area contributed by atoms with Gasteiger partial charge in [-0.05, 0) is 38.1 Å². The van der Waals surface area contributed by atoms with Crippen molar-refractivity contribution in [2.24, 2.45) is 0 Å². The van der Waals surface area contributed by atoms with Crippen LogP contribution in [0, 0.1) is 6.92 Å². The van der Waals surface area contributed by atoms with Crippen LogP contribution in [0.4, 0.5) is 5.69 Å². The van der Waals surface area contributed by atoms with Gasteiger partial charge in [0, 0.05) is 10.9 Å². The number of rotatable bonds is 5. The van der Waals surface area contributed by atoms with Crippen LogP contribution in [0.5, 0.6) is 0 Å². The molecule has 25 heavy (non-hydrogen) atoms. The summed E-state index contributed by atoms with van der Waals surface area (Å²) in [5.41, 5.74) is 3.44. The molecule has 0 bridgehead atoms. The van der Waals surface area contributed by atoms with E-state index in [-0.39, 0.29) is 18.9 Å². The molecule has 1 N–H and O–H groups in total. The second kappa shape index (κ2) is 7.21. The second-order valence-electron chi connectivity index (χ2n) is 5.75. The zero-order chi connectivity index (χ0) is 17.8. The maximum atomic E-state index is 12.4. The Morgan fingerprint density at radius 1 is 1.16 bits per heavy atom. The molecule has 0 spiro atoms. The van der Waals surface area contributed by atoms with Gasteiger partial charge in [-0.25, -0.2) is 4.79 Å². The molecule has 0 unspecified atom stereocenters. The molecule has 3 rings (SSSR count). The Balaban J connectivity index is 1.79. The monoisotopic (exact) mass is 337 g/mol. The number of aryl methyl sites for hydroxylation is 1. The molecule has 5 heteroatoms. The number of fused-ring (bicyclic) bond motifs is 1. The van der Waals surface area contributed by atoms with E-state index in [1.54, 1.807) is 37.5 Å². The summed E-state index contributed by atoms with van der Waals surface area (Å²) < 4.78 is 10.5. The van der Waals surface area contributed by atoms with Crippen LogP contribution in [-0.4, -0.2) is 18.5 Å². The number of benzene rings is 2. The molecule has 2 aromatic carbocycles. The summed E-state index contributed by atoms with van der Waals surface area (Å²) in [5, 5.41) is 3.71. The Bertz CT molecular complexity index is 926. The van der Waals surface area contributed by atoms with E-state index >= 15 is 0 Å². The number of nitrogens with one attached hydrogen (secondary N) is 1. The van der Waals surface area contributed by atoms with Gasteiger partial charge in [0.15, 0.2) is 0 Å². The first-order valence-electron chi connectivity index (χ1n) is 8.11. The number of hydrogen-bond acceptors (Lipinski definition) is 4. The highest BCUT2D eigenvalue weighted by atomic mass is 16.5. The molecule has 0 atom stereocenters. The van der Waals surface area contributed by atoms with Crippen molar-refractivity contribution in [3.8, 4) is 0 Å². The molecule has 0 fully saturated rings. The number of furan rings is 1. The van der Waals surface area contributed by atoms with Gasteiger partial charge in [-0.1, -0.05) is 23.8 Å². The fourth-order valence-corrected chi connectivity index (χ4v) is 2.68. The van der Waals surface area contributed by atoms with Crippen LogP contribution in [0.15, 0.2) is 53.1 Å². The number of para-hydroxylation sites is 1. The standard InChI is InChI=1S/C20H19NO4/c1-3-24-20(23)15-6-4-5-7-17(15)21-19(22)11-14-12-25-18-9-8-13(2)10-16(14)18/h4-10,12H,3,11H2,1-2H3,(H,21,22). The van der Waals surface area contributed by atoms with E-state index in [0.717, 1.165) is 22.1 Å². The smallest absolute Gasteiger partial charge is 0.340 e. The topological polar surface area (TPSA) is 68.5 Å². The molecule has 0 saturated heterocycles. The summed E-state index contributed by atoms with van der Waals surface area (Å²) in [5.74, 6) is -0.677. The van der Waals surface area contributed by atoms with Gasteiger partial charge in [0.2, 0.25) is 5.91 Å².